The van der Waals surface area contributed by atoms with Crippen molar-refractivity contribution in [1.82, 2.24) is 15.5 Å². The van der Waals surface area contributed by atoms with Crippen molar-refractivity contribution in [3.63, 3.8) is 0 Å². The third kappa shape index (κ3) is 10.9. The molecule has 0 aliphatic heterocycles. The van der Waals surface area contributed by atoms with Crippen molar-refractivity contribution in [1.29, 1.82) is 0 Å². The minimum atomic E-state index is -4.16. The highest BCUT2D eigenvalue weighted by Gasteiger charge is 2.28. The monoisotopic (exact) mass is 528 g/mol. The average molecular weight is 528 g/mol. The van der Waals surface area contributed by atoms with Gasteiger partial charge in [0, 0.05) is 25.7 Å². The molecule has 0 heterocycles. The van der Waals surface area contributed by atoms with Crippen LogP contribution in [0.15, 0.2) is 23.2 Å². The van der Waals surface area contributed by atoms with E-state index in [4.69, 9.17) is 4.74 Å². The number of nitrogens with one attached hydrogen (secondary N) is 2. The van der Waals surface area contributed by atoms with E-state index in [2.05, 4.69) is 15.6 Å². The fraction of sp³-hybridized carbons (Fsp3) is 0.650. The summed E-state index contributed by atoms with van der Waals surface area (Å²) in [7, 11) is 3.14. The van der Waals surface area contributed by atoms with Gasteiger partial charge in [-0.25, -0.2) is 0 Å². The predicted octanol–water partition coefficient (Wildman–Crippen LogP) is 3.95. The smallest absolute Gasteiger partial charge is 0.401 e. The van der Waals surface area contributed by atoms with Crippen molar-refractivity contribution >= 4 is 29.9 Å². The second-order valence-electron chi connectivity index (χ2n) is 7.42. The number of halogens is 4. The van der Waals surface area contributed by atoms with Gasteiger partial charge in [0.05, 0.1) is 13.2 Å². The Morgan fingerprint density at radius 2 is 2.00 bits per heavy atom. The lowest BCUT2D eigenvalue weighted by molar-refractivity contribution is -0.143. The molecule has 2 N–H and O–H groups in total. The molecule has 0 atom stereocenters. The largest absolute Gasteiger partial charge is 0.493 e. The number of hydrogen-bond donors (Lipinski definition) is 2. The van der Waals surface area contributed by atoms with Gasteiger partial charge in [-0.15, -0.1) is 24.0 Å². The second-order valence-corrected chi connectivity index (χ2v) is 7.42. The minimum Gasteiger partial charge on any atom is -0.493 e. The van der Waals surface area contributed by atoms with Crippen LogP contribution in [0.4, 0.5) is 13.2 Å². The Bertz CT molecular complexity index is 651. The number of guanidine groups is 1. The lowest BCUT2D eigenvalue weighted by Crippen LogP contribution is -2.39. The van der Waals surface area contributed by atoms with Crippen molar-refractivity contribution in [2.45, 2.75) is 38.9 Å². The van der Waals surface area contributed by atoms with Gasteiger partial charge in [0.25, 0.3) is 0 Å². The lowest BCUT2D eigenvalue weighted by Gasteiger charge is -2.19. The highest BCUT2D eigenvalue weighted by Crippen LogP contribution is 2.30. The number of rotatable bonds is 10. The first-order chi connectivity index (χ1) is 13.3. The van der Waals surface area contributed by atoms with E-state index in [0.29, 0.717) is 37.9 Å². The van der Waals surface area contributed by atoms with Gasteiger partial charge in [-0.2, -0.15) is 13.2 Å². The summed E-state index contributed by atoms with van der Waals surface area (Å²) in [6.07, 6.45) is -1.08. The third-order valence-corrected chi connectivity index (χ3v) is 4.52. The third-order valence-electron chi connectivity index (χ3n) is 4.52. The number of ether oxygens (including phenoxy) is 1. The Labute approximate surface area is 188 Å². The molecule has 0 unspecified atom stereocenters. The number of aryl methyl sites for hydroxylation is 1. The van der Waals surface area contributed by atoms with Gasteiger partial charge in [-0.05, 0) is 57.3 Å². The van der Waals surface area contributed by atoms with Gasteiger partial charge in [0.2, 0.25) is 0 Å². The topological polar surface area (TPSA) is 48.9 Å². The van der Waals surface area contributed by atoms with E-state index >= 15 is 0 Å². The van der Waals surface area contributed by atoms with Gasteiger partial charge in [-0.3, -0.25) is 9.89 Å². The maximum Gasteiger partial charge on any atom is 0.401 e. The molecule has 1 fully saturated rings. The van der Waals surface area contributed by atoms with Crippen molar-refractivity contribution in [2.75, 3.05) is 40.3 Å². The number of hydrogen-bond acceptors (Lipinski definition) is 3. The molecule has 1 aliphatic carbocycles. The fourth-order valence-electron chi connectivity index (χ4n) is 2.77. The Hall–Kier alpha value is -1.23. The van der Waals surface area contributed by atoms with Crippen LogP contribution in [0.3, 0.4) is 0 Å². The number of aliphatic imine (C=N–C) groups is 1. The van der Waals surface area contributed by atoms with E-state index in [-0.39, 0.29) is 24.0 Å². The highest BCUT2D eigenvalue weighted by atomic mass is 127. The summed E-state index contributed by atoms with van der Waals surface area (Å²) in [5.41, 5.74) is 2.21. The number of benzene rings is 1. The minimum absolute atomic E-state index is 0. The summed E-state index contributed by atoms with van der Waals surface area (Å²) in [6, 6.07) is 6.14. The molecule has 0 aromatic heterocycles. The molecule has 1 saturated carbocycles. The van der Waals surface area contributed by atoms with Gasteiger partial charge >= 0.3 is 6.18 Å². The summed E-state index contributed by atoms with van der Waals surface area (Å²) < 4.78 is 42.9. The van der Waals surface area contributed by atoms with Crippen molar-refractivity contribution in [3.05, 3.63) is 29.3 Å². The second kappa shape index (κ2) is 12.5. The zero-order chi connectivity index (χ0) is 20.6. The first kappa shape index (κ1) is 25.8. The SMILES string of the molecule is CN=C(NCCCN(C)CC(F)(F)F)NCc1ccc(C)cc1OCC1CC1.I. The molecule has 29 heavy (non-hydrogen) atoms. The first-order valence-corrected chi connectivity index (χ1v) is 9.69. The molecule has 1 aromatic carbocycles. The predicted molar refractivity (Wildman–Crippen MR) is 121 cm³/mol. The summed E-state index contributed by atoms with van der Waals surface area (Å²) in [6.45, 7) is 3.37. The molecule has 1 aliphatic rings. The quantitative estimate of drug-likeness (QED) is 0.209. The lowest BCUT2D eigenvalue weighted by atomic mass is 10.1. The highest BCUT2D eigenvalue weighted by molar-refractivity contribution is 14.0. The molecule has 0 bridgehead atoms. The van der Waals surface area contributed by atoms with E-state index in [1.165, 1.54) is 24.8 Å². The van der Waals surface area contributed by atoms with Crippen LogP contribution in [0.1, 0.15) is 30.4 Å². The molecule has 0 radical (unpaired) electrons. The number of alkyl halides is 3. The zero-order valence-electron chi connectivity index (χ0n) is 17.3. The van der Waals surface area contributed by atoms with Crippen LogP contribution >= 0.6 is 24.0 Å². The van der Waals surface area contributed by atoms with Crippen LogP contribution in [0.2, 0.25) is 0 Å². The molecular formula is C20H32F3IN4O. The summed E-state index contributed by atoms with van der Waals surface area (Å²) in [5, 5.41) is 6.38. The Morgan fingerprint density at radius 1 is 1.28 bits per heavy atom. The molecule has 1 aromatic rings. The van der Waals surface area contributed by atoms with Crippen LogP contribution in [-0.4, -0.2) is 57.4 Å². The van der Waals surface area contributed by atoms with E-state index in [1.54, 1.807) is 7.05 Å². The van der Waals surface area contributed by atoms with Crippen molar-refractivity contribution in [3.8, 4) is 5.75 Å². The van der Waals surface area contributed by atoms with Gasteiger partial charge in [-0.1, -0.05) is 12.1 Å². The molecule has 5 nitrogen and oxygen atoms in total. The number of nitrogens with zero attached hydrogens (tertiary/aromatic N) is 2. The van der Waals surface area contributed by atoms with Crippen LogP contribution in [0.25, 0.3) is 0 Å². The van der Waals surface area contributed by atoms with E-state index in [1.807, 2.05) is 25.1 Å². The Kier molecular flexibility index (Phi) is 11.1. The van der Waals surface area contributed by atoms with Crippen LogP contribution in [-0.2, 0) is 6.54 Å². The van der Waals surface area contributed by atoms with Crippen LogP contribution in [0, 0.1) is 12.8 Å². The molecule has 0 saturated heterocycles. The zero-order valence-corrected chi connectivity index (χ0v) is 19.6. The van der Waals surface area contributed by atoms with Crippen molar-refractivity contribution < 1.29 is 17.9 Å². The summed E-state index contributed by atoms with van der Waals surface area (Å²) >= 11 is 0. The Balaban J connectivity index is 0.00000420. The standard InChI is InChI=1S/C20H31F3N4O.HI/c1-15-5-8-17(18(11-15)28-13-16-6-7-16)12-26-19(24-2)25-9-4-10-27(3)14-20(21,22)23;/h5,8,11,16H,4,6-7,9-10,12-14H2,1-3H3,(H2,24,25,26);1H. The fourth-order valence-corrected chi connectivity index (χ4v) is 2.77. The van der Waals surface area contributed by atoms with Crippen molar-refractivity contribution in [2.24, 2.45) is 10.9 Å². The van der Waals surface area contributed by atoms with E-state index < -0.39 is 12.7 Å². The molecule has 9 heteroatoms. The van der Waals surface area contributed by atoms with Gasteiger partial charge in [0.15, 0.2) is 5.96 Å². The molecule has 166 valence electrons. The summed E-state index contributed by atoms with van der Waals surface area (Å²) in [4.78, 5) is 5.44. The van der Waals surface area contributed by atoms with Gasteiger partial charge < -0.3 is 15.4 Å². The maximum absolute atomic E-state index is 12.3. The molecule has 0 spiro atoms. The van der Waals surface area contributed by atoms with Crippen LogP contribution < -0.4 is 15.4 Å². The van der Waals surface area contributed by atoms with E-state index in [9.17, 15) is 13.2 Å². The van der Waals surface area contributed by atoms with Crippen LogP contribution in [0.5, 0.6) is 5.75 Å². The first-order valence-electron chi connectivity index (χ1n) is 9.69. The van der Waals surface area contributed by atoms with E-state index in [0.717, 1.165) is 23.5 Å². The maximum atomic E-state index is 12.3. The molecular weight excluding hydrogens is 496 g/mol. The Morgan fingerprint density at radius 3 is 2.62 bits per heavy atom. The average Bonchev–Trinajstić information content (AvgIpc) is 3.43. The molecule has 2 rings (SSSR count). The summed E-state index contributed by atoms with van der Waals surface area (Å²) in [5.74, 6) is 2.20. The normalized spacial score (nSPS) is 14.5. The van der Waals surface area contributed by atoms with Gasteiger partial charge in [0.1, 0.15) is 5.75 Å². The molecule has 0 amide bonds.